The van der Waals surface area contributed by atoms with E-state index >= 15 is 0 Å². The standard InChI is InChI=1S/C29H35Cl2FN2O4/c1-27(2,3)14-23-29(18-9-8-17(30)13-21(18)33-26(29)37)24(16-7-10-20(32)19(31)12-16)25(34-23)22(36)6-5-11-28(4,38)15-35/h7-10,12-13,23-25,34-35,38H,5-6,11,14-15H2,1-4H3,(H,33,37)/t23-,24+,25+,28+,29+/m1/s1. The zero-order chi connectivity index (χ0) is 28.0. The third kappa shape index (κ3) is 5.36. The van der Waals surface area contributed by atoms with Crippen LogP contribution in [0.4, 0.5) is 10.1 Å². The Morgan fingerprint density at radius 2 is 1.84 bits per heavy atom. The molecule has 0 radical (unpaired) electrons. The first-order valence-electron chi connectivity index (χ1n) is 12.9. The van der Waals surface area contributed by atoms with E-state index in [2.05, 4.69) is 31.4 Å². The van der Waals surface area contributed by atoms with E-state index in [1.165, 1.54) is 19.1 Å². The summed E-state index contributed by atoms with van der Waals surface area (Å²) in [6.07, 6.45) is 1.31. The number of aliphatic hydroxyl groups is 2. The molecule has 4 rings (SSSR count). The maximum atomic E-state index is 14.2. The molecule has 0 unspecified atom stereocenters. The van der Waals surface area contributed by atoms with Crippen molar-refractivity contribution in [1.29, 1.82) is 0 Å². The molecule has 4 N–H and O–H groups in total. The van der Waals surface area contributed by atoms with Gasteiger partial charge in [-0.15, -0.1) is 0 Å². The highest BCUT2D eigenvalue weighted by Crippen LogP contribution is 2.57. The lowest BCUT2D eigenvalue weighted by Gasteiger charge is -2.37. The van der Waals surface area contributed by atoms with Crippen LogP contribution in [-0.2, 0) is 15.0 Å². The van der Waals surface area contributed by atoms with E-state index in [1.54, 1.807) is 18.2 Å². The minimum absolute atomic E-state index is 0.0863. The van der Waals surface area contributed by atoms with E-state index in [4.69, 9.17) is 23.2 Å². The molecular weight excluding hydrogens is 530 g/mol. The van der Waals surface area contributed by atoms with Crippen LogP contribution < -0.4 is 10.6 Å². The molecule has 1 spiro atoms. The fourth-order valence-corrected chi connectivity index (χ4v) is 6.42. The molecule has 2 heterocycles. The molecule has 2 aromatic rings. The fraction of sp³-hybridized carbons (Fsp3) is 0.517. The summed E-state index contributed by atoms with van der Waals surface area (Å²) >= 11 is 12.5. The first-order valence-corrected chi connectivity index (χ1v) is 13.6. The van der Waals surface area contributed by atoms with Crippen molar-refractivity contribution in [2.24, 2.45) is 5.41 Å². The van der Waals surface area contributed by atoms with Crippen molar-refractivity contribution in [3.8, 4) is 0 Å². The van der Waals surface area contributed by atoms with Gasteiger partial charge in [-0.3, -0.25) is 9.59 Å². The molecule has 1 fully saturated rings. The van der Waals surface area contributed by atoms with Crippen LogP contribution in [0.5, 0.6) is 0 Å². The van der Waals surface area contributed by atoms with E-state index in [-0.39, 0.29) is 35.0 Å². The van der Waals surface area contributed by atoms with Crippen LogP contribution in [0.2, 0.25) is 10.0 Å². The molecule has 206 valence electrons. The Labute approximate surface area is 232 Å². The number of aliphatic hydroxyl groups excluding tert-OH is 1. The van der Waals surface area contributed by atoms with Crippen molar-refractivity contribution in [2.45, 2.75) is 82.4 Å². The van der Waals surface area contributed by atoms with Crippen molar-refractivity contribution < 1.29 is 24.2 Å². The highest BCUT2D eigenvalue weighted by Gasteiger charge is 2.65. The number of rotatable bonds is 8. The molecule has 2 aliphatic heterocycles. The number of amides is 1. The molecule has 9 heteroatoms. The SMILES string of the molecule is CC(C)(C)C[C@H]1N[C@@H](C(=O)CCC[C@](C)(O)CO)[C@H](c2ccc(F)c(Cl)c2)[C@@]12C(=O)Nc1cc(Cl)ccc12. The fourth-order valence-electron chi connectivity index (χ4n) is 6.06. The van der Waals surface area contributed by atoms with Crippen LogP contribution in [0.3, 0.4) is 0 Å². The maximum absolute atomic E-state index is 14.2. The number of nitrogens with one attached hydrogen (secondary N) is 2. The average molecular weight is 566 g/mol. The number of carbonyl (C=O) groups excluding carboxylic acids is 2. The lowest BCUT2D eigenvalue weighted by Crippen LogP contribution is -2.49. The van der Waals surface area contributed by atoms with Gasteiger partial charge in [0.2, 0.25) is 5.91 Å². The molecule has 0 aliphatic carbocycles. The van der Waals surface area contributed by atoms with Crippen molar-refractivity contribution in [2.75, 3.05) is 11.9 Å². The number of Topliss-reactive ketones (excluding diaryl/α,β-unsaturated/α-hetero) is 1. The summed E-state index contributed by atoms with van der Waals surface area (Å²) in [6, 6.07) is 8.43. The zero-order valence-corrected chi connectivity index (χ0v) is 23.6. The number of carbonyl (C=O) groups is 2. The van der Waals surface area contributed by atoms with Gasteiger partial charge in [-0.2, -0.15) is 0 Å². The summed E-state index contributed by atoms with van der Waals surface area (Å²) in [6.45, 7) is 7.35. The smallest absolute Gasteiger partial charge is 0.237 e. The molecule has 0 bridgehead atoms. The number of anilines is 1. The predicted octanol–water partition coefficient (Wildman–Crippen LogP) is 5.37. The molecule has 5 atom stereocenters. The Balaban J connectivity index is 1.86. The Morgan fingerprint density at radius 1 is 1.13 bits per heavy atom. The second kappa shape index (κ2) is 10.5. The third-order valence-corrected chi connectivity index (χ3v) is 8.28. The number of hydrogen-bond donors (Lipinski definition) is 4. The summed E-state index contributed by atoms with van der Waals surface area (Å²) in [4.78, 5) is 27.9. The highest BCUT2D eigenvalue weighted by molar-refractivity contribution is 6.31. The number of benzene rings is 2. The van der Waals surface area contributed by atoms with Crippen molar-refractivity contribution in [1.82, 2.24) is 5.32 Å². The Bertz CT molecular complexity index is 1250. The van der Waals surface area contributed by atoms with Crippen molar-refractivity contribution >= 4 is 40.6 Å². The average Bonchev–Trinajstić information content (AvgIpc) is 3.29. The molecule has 1 amide bonds. The summed E-state index contributed by atoms with van der Waals surface area (Å²) in [7, 11) is 0. The van der Waals surface area contributed by atoms with Crippen LogP contribution in [0.1, 0.15) is 70.4 Å². The number of hydrogen-bond acceptors (Lipinski definition) is 5. The minimum Gasteiger partial charge on any atom is -0.393 e. The Kier molecular flexibility index (Phi) is 8.01. The van der Waals surface area contributed by atoms with Gasteiger partial charge >= 0.3 is 0 Å². The highest BCUT2D eigenvalue weighted by atomic mass is 35.5. The molecule has 0 aromatic heterocycles. The van der Waals surface area contributed by atoms with Crippen LogP contribution in [0.15, 0.2) is 36.4 Å². The van der Waals surface area contributed by atoms with Gasteiger partial charge in [-0.1, -0.05) is 56.1 Å². The summed E-state index contributed by atoms with van der Waals surface area (Å²) in [5.74, 6) is -1.64. The summed E-state index contributed by atoms with van der Waals surface area (Å²) in [5, 5.41) is 26.5. The van der Waals surface area contributed by atoms with E-state index in [1.807, 2.05) is 6.07 Å². The number of halogens is 3. The lowest BCUT2D eigenvalue weighted by molar-refractivity contribution is -0.122. The van der Waals surface area contributed by atoms with Gasteiger partial charge < -0.3 is 20.8 Å². The van der Waals surface area contributed by atoms with Gasteiger partial charge in [-0.25, -0.2) is 4.39 Å². The normalized spacial score (nSPS) is 26.3. The predicted molar refractivity (Wildman–Crippen MR) is 147 cm³/mol. The molecule has 2 aliphatic rings. The number of ketones is 1. The monoisotopic (exact) mass is 564 g/mol. The topological polar surface area (TPSA) is 98.7 Å². The van der Waals surface area contributed by atoms with E-state index in [9.17, 15) is 24.2 Å². The molecule has 6 nitrogen and oxygen atoms in total. The molecule has 0 saturated carbocycles. The van der Waals surface area contributed by atoms with Crippen LogP contribution >= 0.6 is 23.2 Å². The second-order valence-electron chi connectivity index (χ2n) is 12.1. The van der Waals surface area contributed by atoms with Crippen molar-refractivity contribution in [3.63, 3.8) is 0 Å². The molecule has 2 aromatic carbocycles. The van der Waals surface area contributed by atoms with Gasteiger partial charge in [0, 0.05) is 29.1 Å². The molecule has 1 saturated heterocycles. The van der Waals surface area contributed by atoms with Crippen LogP contribution in [0, 0.1) is 11.2 Å². The van der Waals surface area contributed by atoms with Gasteiger partial charge in [0.05, 0.1) is 23.3 Å². The second-order valence-corrected chi connectivity index (χ2v) is 12.9. The van der Waals surface area contributed by atoms with Crippen LogP contribution in [0.25, 0.3) is 0 Å². The Morgan fingerprint density at radius 3 is 2.47 bits per heavy atom. The first-order chi connectivity index (χ1) is 17.7. The number of fused-ring (bicyclic) bond motifs is 2. The van der Waals surface area contributed by atoms with Gasteiger partial charge in [-0.05, 0) is 67.0 Å². The van der Waals surface area contributed by atoms with Gasteiger partial charge in [0.1, 0.15) is 17.0 Å². The largest absolute Gasteiger partial charge is 0.393 e. The third-order valence-electron chi connectivity index (χ3n) is 7.75. The first kappa shape index (κ1) is 29.0. The van der Waals surface area contributed by atoms with Gasteiger partial charge in [0.25, 0.3) is 0 Å². The van der Waals surface area contributed by atoms with Crippen molar-refractivity contribution in [3.05, 3.63) is 63.4 Å². The Hall–Kier alpha value is -2.03. The quantitative estimate of drug-likeness (QED) is 0.345. The van der Waals surface area contributed by atoms with E-state index in [0.717, 1.165) is 5.56 Å². The molecular formula is C29H35Cl2FN2O4. The van der Waals surface area contributed by atoms with E-state index < -0.39 is 41.4 Å². The van der Waals surface area contributed by atoms with Gasteiger partial charge in [0.15, 0.2) is 0 Å². The van der Waals surface area contributed by atoms with E-state index in [0.29, 0.717) is 29.1 Å². The summed E-state index contributed by atoms with van der Waals surface area (Å²) < 4.78 is 14.2. The summed E-state index contributed by atoms with van der Waals surface area (Å²) in [5.41, 5.74) is -0.744. The lowest BCUT2D eigenvalue weighted by atomic mass is 9.62. The zero-order valence-electron chi connectivity index (χ0n) is 22.1. The maximum Gasteiger partial charge on any atom is 0.237 e. The van der Waals surface area contributed by atoms with Crippen LogP contribution in [-0.4, -0.2) is 46.2 Å². The molecule has 38 heavy (non-hydrogen) atoms. The minimum atomic E-state index is -1.28.